The summed E-state index contributed by atoms with van der Waals surface area (Å²) in [5.41, 5.74) is 7.54. The highest BCUT2D eigenvalue weighted by atomic mass is 16.5. The van der Waals surface area contributed by atoms with Gasteiger partial charge in [-0.05, 0) is 99.1 Å². The van der Waals surface area contributed by atoms with Crippen molar-refractivity contribution in [2.75, 3.05) is 21.3 Å². The first-order chi connectivity index (χ1) is 19.5. The van der Waals surface area contributed by atoms with Crippen LogP contribution in [0.4, 0.5) is 0 Å². The summed E-state index contributed by atoms with van der Waals surface area (Å²) in [7, 11) is 5.01. The topological polar surface area (TPSA) is 38.7 Å². The molecule has 240 valence electrons. The molecule has 2 aromatic carbocycles. The third-order valence-corrected chi connectivity index (χ3v) is 9.34. The van der Waals surface area contributed by atoms with Crippen LogP contribution < -0.4 is 0 Å². The average Bonchev–Trinajstić information content (AvgIpc) is 2.91. The highest BCUT2D eigenvalue weighted by molar-refractivity contribution is 5.57. The minimum absolute atomic E-state index is 0.0208. The lowest BCUT2D eigenvalue weighted by Crippen LogP contribution is -2.38. The highest BCUT2D eigenvalue weighted by Crippen LogP contribution is 2.40. The summed E-state index contributed by atoms with van der Waals surface area (Å²) in [5, 5.41) is 10.9. The van der Waals surface area contributed by atoms with Crippen molar-refractivity contribution >= 4 is 6.08 Å². The number of ether oxygens (including phenoxy) is 2. The Labute approximate surface area is 261 Å². The van der Waals surface area contributed by atoms with Crippen LogP contribution in [-0.2, 0) is 14.9 Å². The summed E-state index contributed by atoms with van der Waals surface area (Å²) in [6.45, 7) is 26.2. The Hall–Kier alpha value is -1.94. The molecule has 3 nitrogen and oxygen atoms in total. The van der Waals surface area contributed by atoms with E-state index in [1.807, 2.05) is 6.08 Å². The highest BCUT2D eigenvalue weighted by Gasteiger charge is 2.32. The second kappa shape index (κ2) is 18.0. The van der Waals surface area contributed by atoms with E-state index < -0.39 is 5.60 Å². The maximum absolute atomic E-state index is 10.9. The van der Waals surface area contributed by atoms with Crippen molar-refractivity contribution in [3.63, 3.8) is 0 Å². The summed E-state index contributed by atoms with van der Waals surface area (Å²) in [6.07, 6.45) is 9.92. The lowest BCUT2D eigenvalue weighted by Gasteiger charge is -2.37. The van der Waals surface area contributed by atoms with Gasteiger partial charge in [0.1, 0.15) is 0 Å². The molecule has 0 spiro atoms. The van der Waals surface area contributed by atoms with Crippen molar-refractivity contribution in [3.05, 3.63) is 75.9 Å². The summed E-state index contributed by atoms with van der Waals surface area (Å²) >= 11 is 0. The molecule has 3 heteroatoms. The van der Waals surface area contributed by atoms with E-state index >= 15 is 0 Å². The second-order valence-corrected chi connectivity index (χ2v) is 13.5. The maximum atomic E-state index is 10.9. The van der Waals surface area contributed by atoms with E-state index in [0.717, 1.165) is 38.5 Å². The largest absolute Gasteiger partial charge is 0.388 e. The Bertz CT molecular complexity index is 1060. The quantitative estimate of drug-likeness (QED) is 0.286. The van der Waals surface area contributed by atoms with E-state index in [4.69, 9.17) is 4.74 Å². The number of methoxy groups -OCH3 is 2. The van der Waals surface area contributed by atoms with Gasteiger partial charge in [-0.25, -0.2) is 0 Å². The van der Waals surface area contributed by atoms with E-state index in [0.29, 0.717) is 0 Å². The first-order valence-electron chi connectivity index (χ1n) is 16.0. The molecule has 0 unspecified atom stereocenters. The third-order valence-electron chi connectivity index (χ3n) is 9.34. The SMILES string of the molecule is CCCC(O)(/C=C/c1ccc(C(CC)(CC)c2ccc(C)c(C)c2)cc1C)CCC.COC.COC(C)(C)C(C)(C)C. The van der Waals surface area contributed by atoms with Crippen LogP contribution in [0.25, 0.3) is 6.08 Å². The van der Waals surface area contributed by atoms with Gasteiger partial charge < -0.3 is 14.6 Å². The van der Waals surface area contributed by atoms with Gasteiger partial charge in [0.2, 0.25) is 0 Å². The van der Waals surface area contributed by atoms with Gasteiger partial charge in [-0.3, -0.25) is 0 Å². The number of hydrogen-bond acceptors (Lipinski definition) is 3. The van der Waals surface area contributed by atoms with Crippen molar-refractivity contribution < 1.29 is 14.6 Å². The molecule has 2 rings (SSSR count). The number of benzene rings is 2. The molecular formula is C39H66O3. The Morgan fingerprint density at radius 1 is 0.690 bits per heavy atom. The average molecular weight is 583 g/mol. The van der Waals surface area contributed by atoms with Gasteiger partial charge in [0.25, 0.3) is 0 Å². The molecule has 1 N–H and O–H groups in total. The first-order valence-corrected chi connectivity index (χ1v) is 16.0. The van der Waals surface area contributed by atoms with E-state index in [1.54, 1.807) is 21.3 Å². The van der Waals surface area contributed by atoms with Crippen LogP contribution in [0.1, 0.15) is 134 Å². The Balaban J connectivity index is 0.00000118. The first kappa shape index (κ1) is 40.1. The molecule has 0 saturated heterocycles. The van der Waals surface area contributed by atoms with Crippen molar-refractivity contribution in [3.8, 4) is 0 Å². The molecule has 0 saturated carbocycles. The van der Waals surface area contributed by atoms with Crippen molar-refractivity contribution in [1.29, 1.82) is 0 Å². The molecule has 0 bridgehead atoms. The van der Waals surface area contributed by atoms with E-state index in [9.17, 15) is 5.11 Å². The van der Waals surface area contributed by atoms with Gasteiger partial charge in [0.05, 0.1) is 11.2 Å². The standard InChI is InChI=1S/C29H42O.C8H18O.C2H6O/c1-8-17-28(30,18-9-2)19-16-25-13-15-27(21-24(25)7)29(10-3,11-4)26-14-12-22(5)23(6)20-26;1-7(2,3)8(4,5)9-6;1-3-2/h12-16,19-21,30H,8-11,17-18H2,1-7H3;1-6H3;1-2H3/b19-16+;;. The van der Waals surface area contributed by atoms with Gasteiger partial charge >= 0.3 is 0 Å². The number of rotatable bonds is 11. The number of hydrogen-bond donors (Lipinski definition) is 1. The molecule has 0 atom stereocenters. The smallest absolute Gasteiger partial charge is 0.0830 e. The third kappa shape index (κ3) is 11.3. The molecule has 0 radical (unpaired) electrons. The normalized spacial score (nSPS) is 12.5. The monoisotopic (exact) mass is 583 g/mol. The predicted octanol–water partition coefficient (Wildman–Crippen LogP) is 10.8. The molecule has 2 aromatic rings. The fraction of sp³-hybridized carbons (Fsp3) is 0.641. The molecular weight excluding hydrogens is 516 g/mol. The summed E-state index contributed by atoms with van der Waals surface area (Å²) in [5.74, 6) is 0. The molecule has 0 aliphatic heterocycles. The molecule has 42 heavy (non-hydrogen) atoms. The Morgan fingerprint density at radius 2 is 1.14 bits per heavy atom. The van der Waals surface area contributed by atoms with Gasteiger partial charge in [-0.15, -0.1) is 0 Å². The van der Waals surface area contributed by atoms with Crippen molar-refractivity contribution in [2.45, 2.75) is 138 Å². The van der Waals surface area contributed by atoms with Crippen molar-refractivity contribution in [1.82, 2.24) is 0 Å². The van der Waals surface area contributed by atoms with Crippen LogP contribution in [0, 0.1) is 26.2 Å². The van der Waals surface area contributed by atoms with Gasteiger partial charge in [-0.2, -0.15) is 0 Å². The molecule has 0 aliphatic carbocycles. The Kier molecular flexibility index (Phi) is 17.2. The van der Waals surface area contributed by atoms with Gasteiger partial charge in [-0.1, -0.05) is 110 Å². The second-order valence-electron chi connectivity index (χ2n) is 13.5. The maximum Gasteiger partial charge on any atom is 0.0830 e. The van der Waals surface area contributed by atoms with Crippen LogP contribution in [-0.4, -0.2) is 37.6 Å². The molecule has 0 aliphatic rings. The van der Waals surface area contributed by atoms with E-state index in [1.165, 1.54) is 33.4 Å². The van der Waals surface area contributed by atoms with Crippen LogP contribution >= 0.6 is 0 Å². The Morgan fingerprint density at radius 3 is 1.48 bits per heavy atom. The van der Waals surface area contributed by atoms with Crippen LogP contribution in [0.5, 0.6) is 0 Å². The lowest BCUT2D eigenvalue weighted by molar-refractivity contribution is -0.0620. The number of aliphatic hydroxyl groups is 1. The number of aryl methyl sites for hydroxylation is 3. The van der Waals surface area contributed by atoms with Crippen molar-refractivity contribution in [2.24, 2.45) is 5.41 Å². The van der Waals surface area contributed by atoms with E-state index in [-0.39, 0.29) is 16.4 Å². The fourth-order valence-corrected chi connectivity index (χ4v) is 5.14. The summed E-state index contributed by atoms with van der Waals surface area (Å²) in [4.78, 5) is 0. The minimum Gasteiger partial charge on any atom is -0.388 e. The zero-order valence-corrected chi connectivity index (χ0v) is 30.1. The molecule has 0 amide bonds. The molecule has 0 heterocycles. The van der Waals surface area contributed by atoms with Crippen LogP contribution in [0.15, 0.2) is 42.5 Å². The zero-order chi connectivity index (χ0) is 32.8. The molecule has 0 fully saturated rings. The van der Waals surface area contributed by atoms with Gasteiger partial charge in [0.15, 0.2) is 0 Å². The minimum atomic E-state index is -0.690. The summed E-state index contributed by atoms with van der Waals surface area (Å²) < 4.78 is 9.55. The van der Waals surface area contributed by atoms with Crippen LogP contribution in [0.3, 0.4) is 0 Å². The fourth-order valence-electron chi connectivity index (χ4n) is 5.14. The predicted molar refractivity (Wildman–Crippen MR) is 186 cm³/mol. The zero-order valence-electron chi connectivity index (χ0n) is 30.1. The van der Waals surface area contributed by atoms with Crippen LogP contribution in [0.2, 0.25) is 0 Å². The molecule has 0 aromatic heterocycles. The lowest BCUT2D eigenvalue weighted by atomic mass is 9.69. The van der Waals surface area contributed by atoms with Gasteiger partial charge in [0, 0.05) is 26.7 Å². The van der Waals surface area contributed by atoms with E-state index in [2.05, 4.69) is 130 Å². The summed E-state index contributed by atoms with van der Waals surface area (Å²) in [6, 6.07) is 13.8.